The van der Waals surface area contributed by atoms with E-state index in [9.17, 15) is 0 Å². The molecule has 1 aliphatic carbocycles. The Morgan fingerprint density at radius 1 is 1.38 bits per heavy atom. The molecule has 2 atom stereocenters. The molecule has 0 aliphatic heterocycles. The lowest BCUT2D eigenvalue weighted by Crippen LogP contribution is -2.69. The van der Waals surface area contributed by atoms with Crippen molar-refractivity contribution in [1.29, 1.82) is 0 Å². The highest BCUT2D eigenvalue weighted by Gasteiger charge is 2.57. The molecule has 1 saturated carbocycles. The van der Waals surface area contributed by atoms with Gasteiger partial charge in [-0.3, -0.25) is 9.98 Å². The van der Waals surface area contributed by atoms with Crippen molar-refractivity contribution in [2.75, 3.05) is 20.7 Å². The second-order valence-electron chi connectivity index (χ2n) is 7.11. The molecule has 2 unspecified atom stereocenters. The highest BCUT2D eigenvalue weighted by Crippen LogP contribution is 2.51. The molecule has 0 saturated heterocycles. The van der Waals surface area contributed by atoms with Crippen LogP contribution in [0.4, 0.5) is 0 Å². The monoisotopic (exact) mass is 446 g/mol. The number of pyridine rings is 1. The Morgan fingerprint density at radius 2 is 2.08 bits per heavy atom. The van der Waals surface area contributed by atoms with Crippen molar-refractivity contribution >= 4 is 29.9 Å². The van der Waals surface area contributed by atoms with E-state index < -0.39 is 0 Å². The van der Waals surface area contributed by atoms with E-state index in [1.807, 2.05) is 26.2 Å². The molecule has 0 aromatic carbocycles. The van der Waals surface area contributed by atoms with Gasteiger partial charge in [-0.25, -0.2) is 0 Å². The minimum Gasteiger partial charge on any atom is -0.378 e. The van der Waals surface area contributed by atoms with Crippen LogP contribution in [0.3, 0.4) is 0 Å². The van der Waals surface area contributed by atoms with Gasteiger partial charge in [0.2, 0.25) is 0 Å². The van der Waals surface area contributed by atoms with Gasteiger partial charge >= 0.3 is 0 Å². The van der Waals surface area contributed by atoms with E-state index in [0.29, 0.717) is 6.04 Å². The fourth-order valence-electron chi connectivity index (χ4n) is 3.05. The first-order valence-electron chi connectivity index (χ1n) is 8.26. The lowest BCUT2D eigenvalue weighted by molar-refractivity contribution is -0.176. The molecule has 1 aromatic rings. The second-order valence-corrected chi connectivity index (χ2v) is 7.11. The van der Waals surface area contributed by atoms with E-state index in [-0.39, 0.29) is 35.0 Å². The first kappa shape index (κ1) is 21.2. The number of aromatic nitrogens is 1. The summed E-state index contributed by atoms with van der Waals surface area (Å²) in [6, 6.07) is 4.53. The predicted octanol–water partition coefficient (Wildman–Crippen LogP) is 2.92. The van der Waals surface area contributed by atoms with E-state index in [0.717, 1.165) is 31.0 Å². The van der Waals surface area contributed by atoms with E-state index in [1.165, 1.54) is 5.56 Å². The fourth-order valence-corrected chi connectivity index (χ4v) is 3.05. The van der Waals surface area contributed by atoms with E-state index >= 15 is 0 Å². The van der Waals surface area contributed by atoms with Crippen LogP contribution in [-0.2, 0) is 11.2 Å². The van der Waals surface area contributed by atoms with Crippen molar-refractivity contribution in [1.82, 2.24) is 15.6 Å². The third-order valence-corrected chi connectivity index (χ3v) is 5.49. The van der Waals surface area contributed by atoms with Crippen LogP contribution >= 0.6 is 24.0 Å². The molecule has 1 fully saturated rings. The van der Waals surface area contributed by atoms with Gasteiger partial charge in [0, 0.05) is 44.0 Å². The van der Waals surface area contributed by atoms with E-state index in [1.54, 1.807) is 7.11 Å². The molecule has 2 N–H and O–H groups in total. The number of hydrogen-bond donors (Lipinski definition) is 2. The van der Waals surface area contributed by atoms with Gasteiger partial charge in [-0.2, -0.15) is 0 Å². The average molecular weight is 446 g/mol. The Kier molecular flexibility index (Phi) is 7.46. The number of nitrogens with zero attached hydrogens (tertiary/aromatic N) is 2. The summed E-state index contributed by atoms with van der Waals surface area (Å²) >= 11 is 0. The van der Waals surface area contributed by atoms with Crippen LogP contribution in [0.15, 0.2) is 23.3 Å². The minimum atomic E-state index is -0.0723. The van der Waals surface area contributed by atoms with Gasteiger partial charge in [-0.1, -0.05) is 19.9 Å². The Labute approximate surface area is 163 Å². The van der Waals surface area contributed by atoms with Crippen molar-refractivity contribution in [3.05, 3.63) is 29.6 Å². The van der Waals surface area contributed by atoms with Crippen molar-refractivity contribution in [3.63, 3.8) is 0 Å². The SMILES string of the molecule is CN=C(NCCc1ccc(C)nc1)NC1CC(C)(OC)C1(C)C.I. The van der Waals surface area contributed by atoms with Crippen LogP contribution in [0.1, 0.15) is 38.4 Å². The molecule has 136 valence electrons. The molecule has 5 nitrogen and oxygen atoms in total. The maximum absolute atomic E-state index is 5.68. The van der Waals surface area contributed by atoms with Gasteiger partial charge in [0.25, 0.3) is 0 Å². The summed E-state index contributed by atoms with van der Waals surface area (Å²) in [4.78, 5) is 8.66. The molecule has 1 aromatic heterocycles. The normalized spacial score (nSPS) is 25.4. The number of halogens is 1. The molecule has 2 rings (SSSR count). The van der Waals surface area contributed by atoms with Crippen LogP contribution in [0.5, 0.6) is 0 Å². The summed E-state index contributed by atoms with van der Waals surface area (Å²) in [7, 11) is 3.60. The zero-order chi connectivity index (χ0) is 17.1. The lowest BCUT2D eigenvalue weighted by atomic mass is 9.56. The maximum Gasteiger partial charge on any atom is 0.191 e. The van der Waals surface area contributed by atoms with Gasteiger partial charge < -0.3 is 15.4 Å². The van der Waals surface area contributed by atoms with Gasteiger partial charge in [-0.15, -0.1) is 24.0 Å². The number of aliphatic imine (C=N–C) groups is 1. The molecule has 1 heterocycles. The van der Waals surface area contributed by atoms with Crippen molar-refractivity contribution in [2.24, 2.45) is 10.4 Å². The average Bonchev–Trinajstić information content (AvgIpc) is 2.54. The number of aryl methyl sites for hydroxylation is 1. The maximum atomic E-state index is 5.68. The van der Waals surface area contributed by atoms with Gasteiger partial charge in [0.15, 0.2) is 5.96 Å². The van der Waals surface area contributed by atoms with Gasteiger partial charge in [0.1, 0.15) is 0 Å². The smallest absolute Gasteiger partial charge is 0.191 e. The molecular formula is C18H31IN4O. The molecule has 0 amide bonds. The quantitative estimate of drug-likeness (QED) is 0.415. The number of rotatable bonds is 5. The predicted molar refractivity (Wildman–Crippen MR) is 110 cm³/mol. The topological polar surface area (TPSA) is 58.5 Å². The van der Waals surface area contributed by atoms with Crippen LogP contribution in [-0.4, -0.2) is 43.3 Å². The van der Waals surface area contributed by atoms with Gasteiger partial charge in [0.05, 0.1) is 5.60 Å². The Hall–Kier alpha value is -0.890. The zero-order valence-electron chi connectivity index (χ0n) is 15.6. The van der Waals surface area contributed by atoms with Crippen molar-refractivity contribution in [3.8, 4) is 0 Å². The molecule has 24 heavy (non-hydrogen) atoms. The molecular weight excluding hydrogens is 415 g/mol. The minimum absolute atomic E-state index is 0. The Balaban J connectivity index is 0.00000288. The van der Waals surface area contributed by atoms with Crippen molar-refractivity contribution in [2.45, 2.75) is 52.2 Å². The van der Waals surface area contributed by atoms with Crippen LogP contribution in [0.2, 0.25) is 0 Å². The van der Waals surface area contributed by atoms with Crippen molar-refractivity contribution < 1.29 is 4.74 Å². The number of hydrogen-bond acceptors (Lipinski definition) is 3. The summed E-state index contributed by atoms with van der Waals surface area (Å²) in [5, 5.41) is 6.91. The van der Waals surface area contributed by atoms with Gasteiger partial charge in [-0.05, 0) is 38.3 Å². The third kappa shape index (κ3) is 4.39. The number of guanidine groups is 1. The summed E-state index contributed by atoms with van der Waals surface area (Å²) in [6.07, 6.45) is 3.85. The molecule has 0 bridgehead atoms. The van der Waals surface area contributed by atoms with Crippen LogP contribution in [0.25, 0.3) is 0 Å². The highest BCUT2D eigenvalue weighted by molar-refractivity contribution is 14.0. The number of methoxy groups -OCH3 is 1. The fraction of sp³-hybridized carbons (Fsp3) is 0.667. The van der Waals surface area contributed by atoms with E-state index in [2.05, 4.69) is 47.4 Å². The molecule has 1 aliphatic rings. The standard InChI is InChI=1S/C18H30N4O.HI/c1-13-7-8-14(12-21-13)9-10-20-16(19-5)22-15-11-18(4,23-6)17(15,2)3;/h7-8,12,15H,9-11H2,1-6H3,(H2,19,20,22);1H. The third-order valence-electron chi connectivity index (χ3n) is 5.49. The number of nitrogens with one attached hydrogen (secondary N) is 2. The lowest BCUT2D eigenvalue weighted by Gasteiger charge is -2.59. The molecule has 6 heteroatoms. The first-order valence-corrected chi connectivity index (χ1v) is 8.26. The molecule has 0 spiro atoms. The summed E-state index contributed by atoms with van der Waals surface area (Å²) in [5.41, 5.74) is 2.28. The van der Waals surface area contributed by atoms with Crippen LogP contribution in [0, 0.1) is 12.3 Å². The summed E-state index contributed by atoms with van der Waals surface area (Å²) in [5.74, 6) is 0.848. The second kappa shape index (κ2) is 8.47. The number of ether oxygens (including phenoxy) is 1. The largest absolute Gasteiger partial charge is 0.378 e. The summed E-state index contributed by atoms with van der Waals surface area (Å²) < 4.78 is 5.68. The Bertz CT molecular complexity index is 559. The summed E-state index contributed by atoms with van der Waals surface area (Å²) in [6.45, 7) is 9.48. The zero-order valence-corrected chi connectivity index (χ0v) is 18.0. The van der Waals surface area contributed by atoms with Crippen LogP contribution < -0.4 is 10.6 Å². The van der Waals surface area contributed by atoms with E-state index in [4.69, 9.17) is 4.74 Å². The molecule has 0 radical (unpaired) electrons. The first-order chi connectivity index (χ1) is 10.8. The Morgan fingerprint density at radius 3 is 2.58 bits per heavy atom. The highest BCUT2D eigenvalue weighted by atomic mass is 127.